The molecule has 4 rings (SSSR count). The summed E-state index contributed by atoms with van der Waals surface area (Å²) >= 11 is 0. The maximum absolute atomic E-state index is 12.6. The van der Waals surface area contributed by atoms with E-state index in [9.17, 15) is 4.79 Å². The predicted molar refractivity (Wildman–Crippen MR) is 110 cm³/mol. The molecule has 6 nitrogen and oxygen atoms in total. The van der Waals surface area contributed by atoms with Crippen LogP contribution in [0.5, 0.6) is 5.75 Å². The van der Waals surface area contributed by atoms with E-state index in [0.29, 0.717) is 5.69 Å². The normalized spacial score (nSPS) is 13.2. The van der Waals surface area contributed by atoms with E-state index in [1.54, 1.807) is 30.1 Å². The molecule has 0 aliphatic carbocycles. The molecule has 3 aromatic rings. The van der Waals surface area contributed by atoms with E-state index in [0.717, 1.165) is 56.2 Å². The molecular weight excluding hydrogens is 352 g/mol. The third kappa shape index (κ3) is 3.76. The summed E-state index contributed by atoms with van der Waals surface area (Å²) in [5.41, 5.74) is 2.83. The number of hydrogen-bond donors (Lipinski definition) is 0. The van der Waals surface area contributed by atoms with Crippen molar-refractivity contribution in [2.45, 2.75) is 25.8 Å². The molecule has 0 fully saturated rings. The summed E-state index contributed by atoms with van der Waals surface area (Å²) in [6, 6.07) is 13.5. The summed E-state index contributed by atoms with van der Waals surface area (Å²) < 4.78 is 7.24. The summed E-state index contributed by atoms with van der Waals surface area (Å²) in [5, 5.41) is 0. The van der Waals surface area contributed by atoms with Gasteiger partial charge in [0.25, 0.3) is 5.56 Å². The molecule has 0 atom stereocenters. The maximum atomic E-state index is 12.6. The number of nitrogens with zero attached hydrogens (tertiary/aromatic N) is 4. The standard InChI is InChI=1S/C22H24N4O2/c1-28-20-8-3-2-6-18(20)7-4-13-25-14-5-15-26-21(27)16-19(24-22(25)26)17-9-11-23-12-10-17/h2-3,6,8-12,16H,4-5,7,13-15H2,1H3. The SMILES string of the molecule is COc1ccccc1CCCN1CCCn2c1nc(-c1ccncc1)cc2=O. The van der Waals surface area contributed by atoms with Gasteiger partial charge in [0.05, 0.1) is 12.8 Å². The Balaban J connectivity index is 1.54. The maximum Gasteiger partial charge on any atom is 0.255 e. The van der Waals surface area contributed by atoms with Crippen LogP contribution in [0.1, 0.15) is 18.4 Å². The molecule has 0 unspecified atom stereocenters. The molecule has 0 radical (unpaired) electrons. The lowest BCUT2D eigenvalue weighted by Crippen LogP contribution is -2.39. The highest BCUT2D eigenvalue weighted by Crippen LogP contribution is 2.23. The number of para-hydroxylation sites is 1. The molecule has 1 aliphatic rings. The highest BCUT2D eigenvalue weighted by molar-refractivity contribution is 5.59. The van der Waals surface area contributed by atoms with Crippen LogP contribution in [0.3, 0.4) is 0 Å². The molecule has 0 saturated carbocycles. The second-order valence-electron chi connectivity index (χ2n) is 6.92. The smallest absolute Gasteiger partial charge is 0.255 e. The highest BCUT2D eigenvalue weighted by atomic mass is 16.5. The van der Waals surface area contributed by atoms with Crippen molar-refractivity contribution in [3.63, 3.8) is 0 Å². The lowest BCUT2D eigenvalue weighted by atomic mass is 10.1. The zero-order valence-electron chi connectivity index (χ0n) is 16.0. The van der Waals surface area contributed by atoms with Gasteiger partial charge < -0.3 is 9.64 Å². The second-order valence-corrected chi connectivity index (χ2v) is 6.92. The van der Waals surface area contributed by atoms with Gasteiger partial charge in [-0.1, -0.05) is 18.2 Å². The van der Waals surface area contributed by atoms with E-state index < -0.39 is 0 Å². The molecular formula is C22H24N4O2. The minimum absolute atomic E-state index is 0.00578. The topological polar surface area (TPSA) is 60.2 Å². The summed E-state index contributed by atoms with van der Waals surface area (Å²) in [7, 11) is 1.71. The van der Waals surface area contributed by atoms with Crippen LogP contribution in [0.25, 0.3) is 11.3 Å². The van der Waals surface area contributed by atoms with Crippen LogP contribution in [0.4, 0.5) is 5.95 Å². The number of fused-ring (bicyclic) bond motifs is 1. The zero-order valence-corrected chi connectivity index (χ0v) is 16.0. The first-order valence-electron chi connectivity index (χ1n) is 9.65. The van der Waals surface area contributed by atoms with Crippen molar-refractivity contribution in [1.29, 1.82) is 0 Å². The fourth-order valence-electron chi connectivity index (χ4n) is 3.72. The van der Waals surface area contributed by atoms with E-state index in [2.05, 4.69) is 16.0 Å². The van der Waals surface area contributed by atoms with Crippen LogP contribution in [0.2, 0.25) is 0 Å². The van der Waals surface area contributed by atoms with Gasteiger partial charge in [0.15, 0.2) is 0 Å². The Labute approximate surface area is 164 Å². The van der Waals surface area contributed by atoms with Crippen molar-refractivity contribution >= 4 is 5.95 Å². The Morgan fingerprint density at radius 3 is 2.75 bits per heavy atom. The first-order valence-corrected chi connectivity index (χ1v) is 9.65. The van der Waals surface area contributed by atoms with Crippen molar-refractivity contribution in [3.05, 3.63) is 70.8 Å². The van der Waals surface area contributed by atoms with Crippen molar-refractivity contribution in [1.82, 2.24) is 14.5 Å². The van der Waals surface area contributed by atoms with E-state index >= 15 is 0 Å². The number of anilines is 1. The van der Waals surface area contributed by atoms with E-state index in [1.165, 1.54) is 5.56 Å². The second kappa shape index (κ2) is 8.25. The first kappa shape index (κ1) is 18.2. The van der Waals surface area contributed by atoms with Gasteiger partial charge in [0.2, 0.25) is 5.95 Å². The lowest BCUT2D eigenvalue weighted by molar-refractivity contribution is 0.409. The molecule has 6 heteroatoms. The number of methoxy groups -OCH3 is 1. The highest BCUT2D eigenvalue weighted by Gasteiger charge is 2.20. The average molecular weight is 376 g/mol. The van der Waals surface area contributed by atoms with Crippen LogP contribution in [0.15, 0.2) is 59.7 Å². The summed E-state index contributed by atoms with van der Waals surface area (Å²) in [5.74, 6) is 1.70. The lowest BCUT2D eigenvalue weighted by Gasteiger charge is -2.31. The molecule has 28 heavy (non-hydrogen) atoms. The summed E-state index contributed by atoms with van der Waals surface area (Å²) in [6.45, 7) is 2.49. The molecule has 0 N–H and O–H groups in total. The molecule has 0 saturated heterocycles. The quantitative estimate of drug-likeness (QED) is 0.661. The van der Waals surface area contributed by atoms with Crippen molar-refractivity contribution in [2.24, 2.45) is 0 Å². The molecule has 0 amide bonds. The molecule has 0 spiro atoms. The Morgan fingerprint density at radius 1 is 1.11 bits per heavy atom. The first-order chi connectivity index (χ1) is 13.8. The molecule has 2 aromatic heterocycles. The van der Waals surface area contributed by atoms with Gasteiger partial charge in [0, 0.05) is 43.7 Å². The van der Waals surface area contributed by atoms with E-state index in [1.807, 2.05) is 30.3 Å². The largest absolute Gasteiger partial charge is 0.496 e. The van der Waals surface area contributed by atoms with E-state index in [4.69, 9.17) is 9.72 Å². The number of pyridine rings is 1. The predicted octanol–water partition coefficient (Wildman–Crippen LogP) is 3.16. The van der Waals surface area contributed by atoms with Gasteiger partial charge in [-0.05, 0) is 43.0 Å². The fourth-order valence-corrected chi connectivity index (χ4v) is 3.72. The van der Waals surface area contributed by atoms with Crippen LogP contribution in [0, 0.1) is 0 Å². The number of aromatic nitrogens is 3. The molecule has 3 heterocycles. The average Bonchev–Trinajstić information content (AvgIpc) is 2.75. The van der Waals surface area contributed by atoms with Gasteiger partial charge in [-0.15, -0.1) is 0 Å². The van der Waals surface area contributed by atoms with Crippen LogP contribution in [-0.2, 0) is 13.0 Å². The zero-order chi connectivity index (χ0) is 19.3. The summed E-state index contributed by atoms with van der Waals surface area (Å²) in [6.07, 6.45) is 6.29. The van der Waals surface area contributed by atoms with Gasteiger partial charge in [-0.25, -0.2) is 4.98 Å². The van der Waals surface area contributed by atoms with Crippen molar-refractivity contribution < 1.29 is 4.74 Å². The monoisotopic (exact) mass is 376 g/mol. The molecule has 144 valence electrons. The number of benzene rings is 1. The van der Waals surface area contributed by atoms with E-state index in [-0.39, 0.29) is 5.56 Å². The van der Waals surface area contributed by atoms with Gasteiger partial charge in [0.1, 0.15) is 5.75 Å². The van der Waals surface area contributed by atoms with Gasteiger partial charge >= 0.3 is 0 Å². The Kier molecular flexibility index (Phi) is 5.37. The third-order valence-corrected chi connectivity index (χ3v) is 5.12. The Bertz CT molecular complexity index is 1000. The molecule has 0 bridgehead atoms. The number of ether oxygens (including phenoxy) is 1. The van der Waals surface area contributed by atoms with Gasteiger partial charge in [-0.3, -0.25) is 14.3 Å². The van der Waals surface area contributed by atoms with Crippen LogP contribution in [-0.4, -0.2) is 34.7 Å². The number of rotatable bonds is 6. The van der Waals surface area contributed by atoms with Gasteiger partial charge in [-0.2, -0.15) is 0 Å². The minimum atomic E-state index is 0.00578. The van der Waals surface area contributed by atoms with Crippen molar-refractivity contribution in [3.8, 4) is 17.0 Å². The Morgan fingerprint density at radius 2 is 1.93 bits per heavy atom. The fraction of sp³-hybridized carbons (Fsp3) is 0.318. The van der Waals surface area contributed by atoms with Crippen molar-refractivity contribution in [2.75, 3.05) is 25.1 Å². The van der Waals surface area contributed by atoms with Crippen LogP contribution >= 0.6 is 0 Å². The third-order valence-electron chi connectivity index (χ3n) is 5.12. The Hall–Kier alpha value is -3.15. The number of hydrogen-bond acceptors (Lipinski definition) is 5. The van der Waals surface area contributed by atoms with Crippen LogP contribution < -0.4 is 15.2 Å². The minimum Gasteiger partial charge on any atom is -0.496 e. The number of aryl methyl sites for hydroxylation is 1. The molecule has 1 aromatic carbocycles. The molecule has 1 aliphatic heterocycles. The summed E-state index contributed by atoms with van der Waals surface area (Å²) in [4.78, 5) is 23.7.